The van der Waals surface area contributed by atoms with E-state index < -0.39 is 42.8 Å². The Labute approximate surface area is 868 Å². The van der Waals surface area contributed by atoms with E-state index in [1.807, 2.05) is 41.3 Å². The summed E-state index contributed by atoms with van der Waals surface area (Å²) in [5.41, 5.74) is 44.3. The minimum absolute atomic E-state index is 0. The van der Waals surface area contributed by atoms with Gasteiger partial charge in [0.2, 0.25) is 17.8 Å². The molecule has 11 aliphatic rings. The molecule has 2 atom stereocenters. The molecule has 2 unspecified atom stereocenters. The first kappa shape index (κ1) is 117. The number of ketones is 3. The van der Waals surface area contributed by atoms with E-state index in [9.17, 15) is 38.1 Å². The monoisotopic (exact) mass is 2160 g/mol. The summed E-state index contributed by atoms with van der Waals surface area (Å²) in [4.78, 5) is 137. The number of nitrogen functional groups attached to an aromatic ring is 4. The third kappa shape index (κ3) is 41.2. The van der Waals surface area contributed by atoms with Gasteiger partial charge in [0.25, 0.3) is 5.56 Å². The predicted molar refractivity (Wildman–Crippen MR) is 570 cm³/mol. The number of carbonyl (C=O) groups excluding carboxylic acids is 7. The number of nitrogens with zero attached hydrogens (tertiary/aromatic N) is 14. The van der Waals surface area contributed by atoms with Gasteiger partial charge in [-0.25, -0.2) is 29.8 Å². The summed E-state index contributed by atoms with van der Waals surface area (Å²) in [6.45, 7) is 18.4. The molecule has 5 aliphatic heterocycles. The van der Waals surface area contributed by atoms with Gasteiger partial charge in [-0.2, -0.15) is 18.4 Å². The molecule has 0 bridgehead atoms. The van der Waals surface area contributed by atoms with E-state index in [4.69, 9.17) is 74.8 Å². The summed E-state index contributed by atoms with van der Waals surface area (Å²) in [5, 5.41) is 12.6. The standard InChI is InChI=1S/C17H20ClN5.C17H22N6.C17H21N5O.C17H22N2O3.C10H14N2.C7H9ClO3.C7H10O3.CH5N3.CH2O3.CH4.Cl3OP.Cl2O2S.H2/c2*18-16-15(14(12-6-7-12)20-17(19)21-16)23-10-8-22(9-11-23)13-4-2-1-3-5-13;18-17-19-14(12-6-7-12)15(16(23)20-17)22-10-8-21(9-11-22)13-4-2-1-3-5-13;1-22-17(21)15(16(20)13-7-8-13)19-11-9-18(10-12-19)14-5-3-2-4-6-14;1-2-4-10(5-3-1)12-8-6-11-7-9-12;1-11-7(10)5(8)6(9)4-2-3-4;1-10-7(9)4-6(8)5-2-3-5;2-1(3)4;2-1-4-3;;2*1-5(2,3)4;/h1-5,12H,6-11H2,(H2,19,20,21);1-5,12H,6-11H2,(H4,18,19,20,21);1-5,12H,6-11H2,(H3,18,19,20,23);2-6,13,15H,7-12H2,1H3;1-5,11H,6-9H2;4-5H,2-3H2,1H3;5H,2-4H2,1H3;(H5,2,3,4);1,3H;1H4;;;1H. The second-order valence-corrected chi connectivity index (χ2v) is 45.4. The number of para-hydroxylation sites is 5. The molecule has 6 saturated carbocycles. The number of hydrogen-bond donors (Lipinski definition) is 10. The van der Waals surface area contributed by atoms with Gasteiger partial charge in [0, 0.05) is 218 Å². The van der Waals surface area contributed by atoms with Gasteiger partial charge < -0.3 is 98.0 Å². The molecule has 39 nitrogen and oxygen atoms in total. The summed E-state index contributed by atoms with van der Waals surface area (Å²) in [7, 11) is 8.68. The number of alkyl halides is 1. The Morgan fingerprint density at radius 1 is 0.483 bits per heavy atom. The molecule has 143 heavy (non-hydrogen) atoms. The van der Waals surface area contributed by atoms with Crippen LogP contribution in [-0.4, -0.2) is 260 Å². The van der Waals surface area contributed by atoms with Gasteiger partial charge >= 0.3 is 37.8 Å². The summed E-state index contributed by atoms with van der Waals surface area (Å²) >= 11 is 25.7. The van der Waals surface area contributed by atoms with Crippen molar-refractivity contribution in [2.24, 2.45) is 29.2 Å². The van der Waals surface area contributed by atoms with Crippen molar-refractivity contribution in [1.82, 2.24) is 40.1 Å². The maximum Gasteiger partial charge on any atom is 0.339 e. The first-order valence-corrected chi connectivity index (χ1v) is 54.7. The van der Waals surface area contributed by atoms with Crippen molar-refractivity contribution in [2.45, 2.75) is 120 Å². The zero-order chi connectivity index (χ0) is 103. The number of methoxy groups -OCH3 is 3. The van der Waals surface area contributed by atoms with Crippen LogP contribution in [0.1, 0.15) is 127 Å². The molecule has 19 rings (SSSR count). The topological polar surface area (TPSA) is 546 Å². The molecule has 5 aromatic carbocycles. The summed E-state index contributed by atoms with van der Waals surface area (Å²) in [6.07, 6.45) is 12.3. The SMILES string of the molecule is C.COC(=O)C(C(=O)C1CC1)N1CCN(c2ccccc2)CC1.COC(=O)C(Cl)C(=O)C1CC1.COC(=O)CC(=O)C1CC1.N=C(N)N.Nc1nc(C2CC2)c(N2CCN(c3ccccc3)CC2)c(=O)[nH]1.Nc1nc(Cl)c(N2CCN(c3ccccc3)CC2)c(C2CC2)n1.Nc1nc(N)c(N2CCN(c3ccccc3)CC2)c(C2CC2)n1.O=COO.O=P(Cl)(Cl)Cl.O=S(=O)(Cl)Cl.[HH].c1ccc(N2CCNCC2)cc1. The number of rotatable bonds is 22. The Morgan fingerprint density at radius 2 is 0.783 bits per heavy atom. The highest BCUT2D eigenvalue weighted by atomic mass is 36.0. The Bertz CT molecular complexity index is 5460. The zero-order valence-corrected chi connectivity index (χ0v) is 86.3. The fourth-order valence-corrected chi connectivity index (χ4v) is 16.5. The molecule has 11 fully saturated rings. The van der Waals surface area contributed by atoms with Crippen LogP contribution in [0.15, 0.2) is 156 Å². The number of esters is 3. The minimum Gasteiger partial charge on any atom is -0.469 e. The summed E-state index contributed by atoms with van der Waals surface area (Å²) in [5.74, 6) is 1.03. The molecular weight excluding hydrogens is 2030 g/mol. The smallest absolute Gasteiger partial charge is 0.339 e. The van der Waals surface area contributed by atoms with E-state index in [0.29, 0.717) is 41.8 Å². The lowest BCUT2D eigenvalue weighted by molar-refractivity contribution is -0.217. The van der Waals surface area contributed by atoms with Crippen molar-refractivity contribution < 1.29 is 72.3 Å². The van der Waals surface area contributed by atoms with Gasteiger partial charge in [-0.1, -0.05) is 110 Å². The number of benzene rings is 5. The maximum atomic E-state index is 12.4. The number of halogens is 7. The van der Waals surface area contributed by atoms with Crippen molar-refractivity contribution in [3.63, 3.8) is 0 Å². The van der Waals surface area contributed by atoms with E-state index in [2.05, 4.69) is 271 Å². The average molecular weight is 2160 g/mol. The van der Waals surface area contributed by atoms with Crippen molar-refractivity contribution in [1.29, 1.82) is 5.41 Å². The maximum absolute atomic E-state index is 12.4. The number of guanidine groups is 1. The van der Waals surface area contributed by atoms with Gasteiger partial charge in [-0.15, -0.1) is 11.6 Å². The van der Waals surface area contributed by atoms with Crippen molar-refractivity contribution in [3.05, 3.63) is 184 Å². The molecule has 48 heteroatoms. The number of aromatic amines is 1. The van der Waals surface area contributed by atoms with Crippen LogP contribution in [-0.2, 0) is 65.5 Å². The number of piperazine rings is 5. The largest absolute Gasteiger partial charge is 0.469 e. The molecule has 16 N–H and O–H groups in total. The lowest BCUT2D eigenvalue weighted by atomic mass is 10.1. The highest BCUT2D eigenvalue weighted by Crippen LogP contribution is 2.61. The Balaban J connectivity index is 0.000000225. The van der Waals surface area contributed by atoms with Crippen LogP contribution >= 0.6 is 83.5 Å². The van der Waals surface area contributed by atoms with Crippen LogP contribution in [0.3, 0.4) is 0 Å². The lowest BCUT2D eigenvalue weighted by Crippen LogP contribution is -2.56. The third-order valence-electron chi connectivity index (χ3n) is 23.8. The first-order chi connectivity index (χ1) is 67.9. The van der Waals surface area contributed by atoms with Gasteiger partial charge in [0.1, 0.15) is 23.6 Å². The number of Topliss-reactive ketones (excluding diaryl/α,β-unsaturated/α-hetero) is 3. The first-order valence-electron chi connectivity index (χ1n) is 46.4. The van der Waals surface area contributed by atoms with Gasteiger partial charge in [0.05, 0.1) is 44.1 Å². The molecule has 782 valence electrons. The van der Waals surface area contributed by atoms with Crippen LogP contribution in [0.5, 0.6) is 0 Å². The van der Waals surface area contributed by atoms with Crippen molar-refractivity contribution in [2.75, 3.05) is 214 Å². The number of hydrogen-bond acceptors (Lipinski definition) is 36. The molecule has 8 heterocycles. The van der Waals surface area contributed by atoms with E-state index >= 15 is 0 Å². The van der Waals surface area contributed by atoms with E-state index in [-0.39, 0.29) is 86.2 Å². The zero-order valence-electron chi connectivity index (χ0n) is 79.3. The number of aromatic nitrogens is 6. The van der Waals surface area contributed by atoms with E-state index in [0.717, 1.165) is 203 Å². The molecular formula is C95H131Cl7N23O16PS. The second-order valence-electron chi connectivity index (χ2n) is 34.3. The Kier molecular flexibility index (Phi) is 48.2. The van der Waals surface area contributed by atoms with Crippen molar-refractivity contribution >= 4 is 209 Å². The second kappa shape index (κ2) is 58.8. The quantitative estimate of drug-likeness (QED) is 0.00245. The number of anilines is 12. The molecule has 5 saturated heterocycles. The fourth-order valence-electron chi connectivity index (χ4n) is 15.9. The van der Waals surface area contributed by atoms with Gasteiger partial charge in [0.15, 0.2) is 39.9 Å². The lowest BCUT2D eigenvalue weighted by Gasteiger charge is -2.38. The van der Waals surface area contributed by atoms with Crippen LogP contribution in [0.4, 0.5) is 69.2 Å². The van der Waals surface area contributed by atoms with Gasteiger partial charge in [-0.3, -0.25) is 48.6 Å². The highest BCUT2D eigenvalue weighted by Gasteiger charge is 2.44. The number of nitrogens with one attached hydrogen (secondary N) is 3. The number of carbonyl (C=O) groups is 7. The molecule has 8 aromatic rings. The highest BCUT2D eigenvalue weighted by molar-refractivity contribution is 8.31. The number of H-pyrrole nitrogens is 1. The van der Waals surface area contributed by atoms with Crippen LogP contribution in [0.2, 0.25) is 5.15 Å². The Morgan fingerprint density at radius 3 is 1.11 bits per heavy atom. The summed E-state index contributed by atoms with van der Waals surface area (Å²) in [6, 6.07) is 51.6. The Hall–Kier alpha value is -11.0. The van der Waals surface area contributed by atoms with Crippen molar-refractivity contribution in [3.8, 4) is 0 Å². The molecule has 0 radical (unpaired) electrons. The van der Waals surface area contributed by atoms with E-state index in [1.165, 1.54) is 75.4 Å². The minimum atomic E-state index is -3.72. The molecule has 0 spiro atoms. The van der Waals surface area contributed by atoms with Crippen LogP contribution < -0.4 is 84.5 Å². The third-order valence-corrected chi connectivity index (χ3v) is 24.5. The van der Waals surface area contributed by atoms with Crippen LogP contribution in [0.25, 0.3) is 0 Å². The molecule has 3 aromatic heterocycles. The molecule has 6 aliphatic carbocycles. The fraction of sp³-hybridized carbons (Fsp3) is 0.474. The predicted octanol–water partition coefficient (Wildman–Crippen LogP) is 12.9. The van der Waals surface area contributed by atoms with Gasteiger partial charge in [-0.05, 0) is 171 Å². The summed E-state index contributed by atoms with van der Waals surface area (Å²) < 4.78 is 41.4. The van der Waals surface area contributed by atoms with Crippen LogP contribution in [0, 0.1) is 23.2 Å². The average Bonchev–Trinajstić information content (AvgIpc) is 1.77. The normalized spacial score (nSPS) is 17.2. The van der Waals surface area contributed by atoms with E-state index in [1.54, 1.807) is 0 Å². The number of nitrogens with two attached hydrogens (primary N) is 6. The number of ether oxygens (including phenoxy) is 3. The molecule has 0 amide bonds.